The monoisotopic (exact) mass is 212 g/mol. The summed E-state index contributed by atoms with van der Waals surface area (Å²) < 4.78 is 13.2. The van der Waals surface area contributed by atoms with Crippen LogP contribution >= 0.6 is 11.8 Å². The fourth-order valence-electron chi connectivity index (χ4n) is 1.53. The highest BCUT2D eigenvalue weighted by Crippen LogP contribution is 2.20. The molecule has 1 aromatic heterocycles. The fourth-order valence-corrected chi connectivity index (χ4v) is 2.63. The molecule has 0 aromatic carbocycles. The van der Waals surface area contributed by atoms with E-state index in [1.807, 2.05) is 11.8 Å². The summed E-state index contributed by atoms with van der Waals surface area (Å²) in [6.45, 7) is 0. The van der Waals surface area contributed by atoms with Gasteiger partial charge in [-0.2, -0.15) is 11.8 Å². The molecule has 1 saturated heterocycles. The topological polar surface area (TPSA) is 24.9 Å². The van der Waals surface area contributed by atoms with E-state index < -0.39 is 0 Å². The molecule has 2 nitrogen and oxygen atoms in total. The van der Waals surface area contributed by atoms with Crippen LogP contribution in [0.25, 0.3) is 0 Å². The van der Waals surface area contributed by atoms with E-state index in [1.165, 1.54) is 6.07 Å². The van der Waals surface area contributed by atoms with E-state index in [9.17, 15) is 4.39 Å². The lowest BCUT2D eigenvalue weighted by molar-refractivity contribution is 0.607. The third-order valence-corrected chi connectivity index (χ3v) is 3.37. The first-order valence-electron chi connectivity index (χ1n) is 4.81. The molecular formula is C10H13FN2S. The third-order valence-electron chi connectivity index (χ3n) is 2.32. The SMILES string of the molecule is Fc1cccnc1NC1CCSCC1. The summed E-state index contributed by atoms with van der Waals surface area (Å²) in [6, 6.07) is 3.44. The van der Waals surface area contributed by atoms with Crippen molar-refractivity contribution in [3.8, 4) is 0 Å². The van der Waals surface area contributed by atoms with Gasteiger partial charge < -0.3 is 5.32 Å². The van der Waals surface area contributed by atoms with Gasteiger partial charge in [-0.25, -0.2) is 9.37 Å². The van der Waals surface area contributed by atoms with Crippen molar-refractivity contribution >= 4 is 17.6 Å². The number of anilines is 1. The van der Waals surface area contributed by atoms with Gasteiger partial charge in [0.15, 0.2) is 11.6 Å². The van der Waals surface area contributed by atoms with Gasteiger partial charge in [-0.3, -0.25) is 0 Å². The molecule has 2 rings (SSSR count). The van der Waals surface area contributed by atoms with Crippen molar-refractivity contribution in [2.75, 3.05) is 16.8 Å². The number of hydrogen-bond donors (Lipinski definition) is 1. The predicted octanol–water partition coefficient (Wildman–Crippen LogP) is 2.53. The lowest BCUT2D eigenvalue weighted by atomic mass is 10.1. The van der Waals surface area contributed by atoms with Crippen LogP contribution in [-0.2, 0) is 0 Å². The Morgan fingerprint density at radius 3 is 2.93 bits per heavy atom. The summed E-state index contributed by atoms with van der Waals surface area (Å²) in [6.07, 6.45) is 3.81. The zero-order chi connectivity index (χ0) is 9.80. The van der Waals surface area contributed by atoms with Gasteiger partial charge in [0.05, 0.1) is 0 Å². The Labute approximate surface area is 87.3 Å². The molecule has 2 heterocycles. The maximum absolute atomic E-state index is 13.2. The Bertz CT molecular complexity index is 300. The zero-order valence-electron chi connectivity index (χ0n) is 7.87. The number of aromatic nitrogens is 1. The molecule has 4 heteroatoms. The van der Waals surface area contributed by atoms with E-state index in [4.69, 9.17) is 0 Å². The molecular weight excluding hydrogens is 199 g/mol. The van der Waals surface area contributed by atoms with Crippen LogP contribution in [0.4, 0.5) is 10.2 Å². The standard InChI is InChI=1S/C10H13FN2S/c11-9-2-1-5-12-10(9)13-8-3-6-14-7-4-8/h1-2,5,8H,3-4,6-7H2,(H,12,13). The lowest BCUT2D eigenvalue weighted by Gasteiger charge is -2.23. The smallest absolute Gasteiger partial charge is 0.165 e. The van der Waals surface area contributed by atoms with Crippen LogP contribution in [0.5, 0.6) is 0 Å². The van der Waals surface area contributed by atoms with Crippen molar-refractivity contribution < 1.29 is 4.39 Å². The summed E-state index contributed by atoms with van der Waals surface area (Å²) in [5.41, 5.74) is 0. The predicted molar refractivity (Wildman–Crippen MR) is 58.2 cm³/mol. The molecule has 1 aromatic rings. The van der Waals surface area contributed by atoms with Crippen LogP contribution in [-0.4, -0.2) is 22.5 Å². The molecule has 14 heavy (non-hydrogen) atoms. The van der Waals surface area contributed by atoms with Gasteiger partial charge in [0.2, 0.25) is 0 Å². The van der Waals surface area contributed by atoms with Gasteiger partial charge in [-0.05, 0) is 36.5 Å². The number of rotatable bonds is 2. The Morgan fingerprint density at radius 1 is 1.43 bits per heavy atom. The van der Waals surface area contributed by atoms with E-state index in [2.05, 4.69) is 10.3 Å². The molecule has 0 amide bonds. The maximum atomic E-state index is 13.2. The molecule has 0 unspecified atom stereocenters. The lowest BCUT2D eigenvalue weighted by Crippen LogP contribution is -2.25. The number of thioether (sulfide) groups is 1. The van der Waals surface area contributed by atoms with Crippen LogP contribution in [0, 0.1) is 5.82 Å². The molecule has 1 fully saturated rings. The Balaban J connectivity index is 1.99. The van der Waals surface area contributed by atoms with E-state index >= 15 is 0 Å². The van der Waals surface area contributed by atoms with E-state index in [0.29, 0.717) is 11.9 Å². The summed E-state index contributed by atoms with van der Waals surface area (Å²) in [5.74, 6) is 2.45. The number of nitrogens with zero attached hydrogens (tertiary/aromatic N) is 1. The molecule has 0 bridgehead atoms. The molecule has 1 N–H and O–H groups in total. The second-order valence-corrected chi connectivity index (χ2v) is 4.59. The number of halogens is 1. The third kappa shape index (κ3) is 2.38. The molecule has 0 radical (unpaired) electrons. The number of hydrogen-bond acceptors (Lipinski definition) is 3. The highest BCUT2D eigenvalue weighted by Gasteiger charge is 2.14. The summed E-state index contributed by atoms with van der Waals surface area (Å²) in [7, 11) is 0. The molecule has 0 atom stereocenters. The van der Waals surface area contributed by atoms with Crippen molar-refractivity contribution in [2.45, 2.75) is 18.9 Å². The summed E-state index contributed by atoms with van der Waals surface area (Å²) >= 11 is 1.96. The number of pyridine rings is 1. The van der Waals surface area contributed by atoms with Gasteiger partial charge in [0.1, 0.15) is 0 Å². The van der Waals surface area contributed by atoms with Crippen LogP contribution in [0.15, 0.2) is 18.3 Å². The first kappa shape index (κ1) is 9.77. The zero-order valence-corrected chi connectivity index (χ0v) is 8.69. The first-order valence-corrected chi connectivity index (χ1v) is 5.96. The Morgan fingerprint density at radius 2 is 2.21 bits per heavy atom. The van der Waals surface area contributed by atoms with Crippen LogP contribution < -0.4 is 5.32 Å². The normalized spacial score (nSPS) is 18.1. The van der Waals surface area contributed by atoms with Gasteiger partial charge in [-0.15, -0.1) is 0 Å². The molecule has 0 aliphatic carbocycles. The molecule has 0 saturated carbocycles. The van der Waals surface area contributed by atoms with Gasteiger partial charge in [0, 0.05) is 12.2 Å². The highest BCUT2D eigenvalue weighted by atomic mass is 32.2. The van der Waals surface area contributed by atoms with Gasteiger partial charge in [0.25, 0.3) is 0 Å². The van der Waals surface area contributed by atoms with E-state index in [1.54, 1.807) is 12.3 Å². The van der Waals surface area contributed by atoms with Crippen molar-refractivity contribution in [3.63, 3.8) is 0 Å². The second-order valence-electron chi connectivity index (χ2n) is 3.36. The second kappa shape index (κ2) is 4.64. The molecule has 76 valence electrons. The summed E-state index contributed by atoms with van der Waals surface area (Å²) in [4.78, 5) is 3.98. The molecule has 0 spiro atoms. The minimum Gasteiger partial charge on any atom is -0.365 e. The maximum Gasteiger partial charge on any atom is 0.165 e. The van der Waals surface area contributed by atoms with E-state index in [-0.39, 0.29) is 5.82 Å². The quantitative estimate of drug-likeness (QED) is 0.815. The van der Waals surface area contributed by atoms with Crippen molar-refractivity contribution in [1.82, 2.24) is 4.98 Å². The van der Waals surface area contributed by atoms with Crippen molar-refractivity contribution in [3.05, 3.63) is 24.1 Å². The van der Waals surface area contributed by atoms with Gasteiger partial charge >= 0.3 is 0 Å². The minimum atomic E-state index is -0.259. The van der Waals surface area contributed by atoms with Crippen molar-refractivity contribution in [2.24, 2.45) is 0 Å². The Kier molecular flexibility index (Phi) is 3.24. The minimum absolute atomic E-state index is 0.259. The average molecular weight is 212 g/mol. The molecule has 1 aliphatic heterocycles. The van der Waals surface area contributed by atoms with E-state index in [0.717, 1.165) is 24.3 Å². The number of nitrogens with one attached hydrogen (secondary N) is 1. The Hall–Kier alpha value is -0.770. The van der Waals surface area contributed by atoms with Crippen LogP contribution in [0.2, 0.25) is 0 Å². The average Bonchev–Trinajstić information content (AvgIpc) is 2.23. The summed E-state index contributed by atoms with van der Waals surface area (Å²) in [5, 5.41) is 3.15. The largest absolute Gasteiger partial charge is 0.365 e. The van der Waals surface area contributed by atoms with Crippen molar-refractivity contribution in [1.29, 1.82) is 0 Å². The van der Waals surface area contributed by atoms with Crippen LogP contribution in [0.3, 0.4) is 0 Å². The highest BCUT2D eigenvalue weighted by molar-refractivity contribution is 7.99. The van der Waals surface area contributed by atoms with Crippen LogP contribution in [0.1, 0.15) is 12.8 Å². The molecule has 1 aliphatic rings. The van der Waals surface area contributed by atoms with Gasteiger partial charge in [-0.1, -0.05) is 0 Å². The first-order chi connectivity index (χ1) is 6.86. The fraction of sp³-hybridized carbons (Fsp3) is 0.500.